The predicted molar refractivity (Wildman–Crippen MR) is 134 cm³/mol. The molecule has 0 saturated carbocycles. The van der Waals surface area contributed by atoms with Crippen molar-refractivity contribution in [2.75, 3.05) is 12.1 Å². The molecule has 2 amide bonds. The van der Waals surface area contributed by atoms with Crippen molar-refractivity contribution in [3.8, 4) is 5.75 Å². The highest BCUT2D eigenvalue weighted by molar-refractivity contribution is 6.06. The number of aromatic nitrogens is 1. The number of aliphatic hydroxyl groups excluding tert-OH is 1. The summed E-state index contributed by atoms with van der Waals surface area (Å²) in [6, 6.07) is 8.03. The topological polar surface area (TPSA) is 144 Å². The maximum atomic E-state index is 15.0. The molecule has 0 aliphatic carbocycles. The number of benzene rings is 1. The van der Waals surface area contributed by atoms with Crippen LogP contribution in [-0.4, -0.2) is 57.9 Å². The van der Waals surface area contributed by atoms with Gasteiger partial charge in [0, 0.05) is 6.20 Å². The summed E-state index contributed by atoms with van der Waals surface area (Å²) in [6.07, 6.45) is -0.307. The lowest BCUT2D eigenvalue weighted by Crippen LogP contribution is -2.61. The van der Waals surface area contributed by atoms with Crippen LogP contribution in [0.25, 0.3) is 5.57 Å². The summed E-state index contributed by atoms with van der Waals surface area (Å²) < 4.78 is 30.2. The van der Waals surface area contributed by atoms with Gasteiger partial charge in [-0.3, -0.25) is 14.9 Å². The minimum absolute atomic E-state index is 0.130. The highest BCUT2D eigenvalue weighted by Crippen LogP contribution is 2.47. The molecule has 3 atom stereocenters. The molecule has 2 N–H and O–H groups in total. The third-order valence-corrected chi connectivity index (χ3v) is 6.29. The third kappa shape index (κ3) is 5.75. The first kappa shape index (κ1) is 27.7. The van der Waals surface area contributed by atoms with Crippen LogP contribution in [0.5, 0.6) is 5.75 Å². The van der Waals surface area contributed by atoms with Crippen LogP contribution in [0.1, 0.15) is 39.7 Å². The van der Waals surface area contributed by atoms with Gasteiger partial charge in [-0.2, -0.15) is 0 Å². The Morgan fingerprint density at radius 2 is 1.95 bits per heavy atom. The van der Waals surface area contributed by atoms with Crippen molar-refractivity contribution in [1.29, 1.82) is 0 Å². The Morgan fingerprint density at radius 3 is 2.56 bits per heavy atom. The number of ether oxygens (including phenoxy) is 3. The van der Waals surface area contributed by atoms with Crippen LogP contribution in [0.3, 0.4) is 0 Å². The summed E-state index contributed by atoms with van der Waals surface area (Å²) >= 11 is 0. The van der Waals surface area contributed by atoms with Crippen LogP contribution in [0.2, 0.25) is 0 Å². The summed E-state index contributed by atoms with van der Waals surface area (Å²) in [4.78, 5) is 55.1. The number of esters is 2. The highest BCUT2D eigenvalue weighted by atomic mass is 19.1. The number of pyridine rings is 1. The van der Waals surface area contributed by atoms with E-state index in [1.807, 2.05) is 0 Å². The summed E-state index contributed by atoms with van der Waals surface area (Å²) in [5, 5.41) is 12.4. The number of halogens is 1. The molecule has 2 aromatic rings. The fourth-order valence-electron chi connectivity index (χ4n) is 4.38. The first-order valence-corrected chi connectivity index (χ1v) is 12.2. The average Bonchev–Trinajstić information content (AvgIpc) is 3.20. The van der Waals surface area contributed by atoms with E-state index in [1.165, 1.54) is 36.2 Å². The van der Waals surface area contributed by atoms with E-state index in [1.54, 1.807) is 32.9 Å². The van der Waals surface area contributed by atoms with Gasteiger partial charge in [0.15, 0.2) is 11.6 Å². The number of carbonyl (C=O) groups is 4. The number of anilines is 1. The quantitative estimate of drug-likeness (QED) is 0.307. The van der Waals surface area contributed by atoms with E-state index in [4.69, 9.17) is 14.2 Å². The van der Waals surface area contributed by atoms with Crippen molar-refractivity contribution in [2.45, 2.75) is 46.3 Å². The van der Waals surface area contributed by atoms with E-state index in [-0.39, 0.29) is 29.2 Å². The van der Waals surface area contributed by atoms with E-state index in [9.17, 15) is 28.7 Å². The third-order valence-electron chi connectivity index (χ3n) is 6.29. The summed E-state index contributed by atoms with van der Waals surface area (Å²) in [5.41, 5.74) is -0.403. The fourth-order valence-corrected chi connectivity index (χ4v) is 4.38. The maximum Gasteiger partial charge on any atom is 0.418 e. The number of nitrogens with zero attached hydrogens (tertiary/aromatic N) is 2. The number of hydrogen-bond acceptors (Lipinski definition) is 9. The number of amides is 2. The van der Waals surface area contributed by atoms with E-state index in [0.29, 0.717) is 5.57 Å². The second kappa shape index (κ2) is 10.8. The van der Waals surface area contributed by atoms with E-state index in [2.05, 4.69) is 10.3 Å². The summed E-state index contributed by atoms with van der Waals surface area (Å²) in [5.74, 6) is -3.80. The Balaban J connectivity index is 1.55. The minimum atomic E-state index is -0.965. The van der Waals surface area contributed by atoms with Crippen molar-refractivity contribution < 1.29 is 42.9 Å². The highest BCUT2D eigenvalue weighted by Gasteiger charge is 2.57. The van der Waals surface area contributed by atoms with Crippen LogP contribution < -0.4 is 10.1 Å². The molecule has 3 heterocycles. The van der Waals surface area contributed by atoms with Gasteiger partial charge in [-0.15, -0.1) is 0 Å². The molecule has 1 aromatic heterocycles. The average molecular weight is 542 g/mol. The SMILES string of the molecule is C[C@@H](O)[C@H]1C(=O)N2C(C(=O)OCOC(=O)C(C)(C)C)=C(c3ccc(OC(=O)Nc4ccccn4)c(F)c3)C[C@H]12. The molecular formula is C27H28FN3O8. The molecule has 0 radical (unpaired) electrons. The number of hydrogen-bond donors (Lipinski definition) is 2. The number of carbonyl (C=O) groups excluding carboxylic acids is 4. The van der Waals surface area contributed by atoms with Gasteiger partial charge in [0.05, 0.1) is 23.5 Å². The van der Waals surface area contributed by atoms with Crippen LogP contribution >= 0.6 is 0 Å². The van der Waals surface area contributed by atoms with Gasteiger partial charge in [-0.05, 0) is 69.5 Å². The van der Waals surface area contributed by atoms with Crippen LogP contribution in [0.15, 0.2) is 48.3 Å². The van der Waals surface area contributed by atoms with E-state index in [0.717, 1.165) is 6.07 Å². The molecule has 0 unspecified atom stereocenters. The molecule has 1 fully saturated rings. The standard InChI is InChI=1S/C27H28FN3O8/c1-14(32)21-18-12-16(22(31(18)23(21)33)24(34)37-13-38-25(35)27(2,3)4)15-8-9-19(17(28)11-15)39-26(36)30-20-7-5-6-10-29-20/h5-11,14,18,21,32H,12-13H2,1-4H3,(H,29,30,36)/t14-,18-,21-/m1/s1. The first-order chi connectivity index (χ1) is 18.4. The monoisotopic (exact) mass is 541 g/mol. The Bertz CT molecular complexity index is 1340. The lowest BCUT2D eigenvalue weighted by molar-refractivity contribution is -0.175. The second-order valence-electron chi connectivity index (χ2n) is 10.2. The van der Waals surface area contributed by atoms with Crippen molar-refractivity contribution >= 4 is 35.3 Å². The molecule has 4 rings (SSSR count). The van der Waals surface area contributed by atoms with E-state index >= 15 is 0 Å². The molecule has 0 spiro atoms. The van der Waals surface area contributed by atoms with Crippen molar-refractivity contribution in [2.24, 2.45) is 11.3 Å². The molecule has 39 heavy (non-hydrogen) atoms. The zero-order chi connectivity index (χ0) is 28.5. The zero-order valence-corrected chi connectivity index (χ0v) is 21.8. The lowest BCUT2D eigenvalue weighted by atomic mass is 9.82. The van der Waals surface area contributed by atoms with Crippen molar-refractivity contribution in [3.05, 3.63) is 59.7 Å². The minimum Gasteiger partial charge on any atom is -0.427 e. The lowest BCUT2D eigenvalue weighted by Gasteiger charge is -2.44. The summed E-state index contributed by atoms with van der Waals surface area (Å²) in [6.45, 7) is 5.71. The van der Waals surface area contributed by atoms with Gasteiger partial charge in [-0.1, -0.05) is 12.1 Å². The first-order valence-electron chi connectivity index (χ1n) is 12.2. The molecule has 12 heteroatoms. The van der Waals surface area contributed by atoms with Crippen molar-refractivity contribution in [3.63, 3.8) is 0 Å². The number of nitrogens with one attached hydrogen (secondary N) is 1. The zero-order valence-electron chi connectivity index (χ0n) is 21.8. The van der Waals surface area contributed by atoms with E-state index < -0.39 is 60.0 Å². The van der Waals surface area contributed by atoms with Gasteiger partial charge in [-0.25, -0.2) is 19.0 Å². The van der Waals surface area contributed by atoms with Gasteiger partial charge >= 0.3 is 18.0 Å². The molecular weight excluding hydrogens is 513 g/mol. The molecule has 0 bridgehead atoms. The number of fused-ring (bicyclic) bond motifs is 1. The molecule has 1 aromatic carbocycles. The second-order valence-corrected chi connectivity index (χ2v) is 10.2. The molecule has 2 aliphatic rings. The molecule has 1 saturated heterocycles. The Morgan fingerprint density at radius 1 is 1.21 bits per heavy atom. The van der Waals surface area contributed by atoms with Crippen molar-refractivity contribution in [1.82, 2.24) is 9.88 Å². The Hall–Kier alpha value is -4.32. The maximum absolute atomic E-state index is 15.0. The Kier molecular flexibility index (Phi) is 7.68. The predicted octanol–water partition coefficient (Wildman–Crippen LogP) is 3.24. The number of β-lactam (4-membered cyclic amide) rings is 1. The number of aliphatic hydroxyl groups is 1. The van der Waals surface area contributed by atoms with Crippen LogP contribution in [0, 0.1) is 17.2 Å². The largest absolute Gasteiger partial charge is 0.427 e. The van der Waals surface area contributed by atoms with Crippen LogP contribution in [-0.2, 0) is 23.9 Å². The molecule has 2 aliphatic heterocycles. The Labute approximate surface area is 223 Å². The van der Waals surface area contributed by atoms with Gasteiger partial charge < -0.3 is 24.2 Å². The van der Waals surface area contributed by atoms with Gasteiger partial charge in [0.25, 0.3) is 0 Å². The molecule has 206 valence electrons. The summed E-state index contributed by atoms with van der Waals surface area (Å²) in [7, 11) is 0. The normalized spacial score (nSPS) is 19.1. The van der Waals surface area contributed by atoms with Gasteiger partial charge in [0.2, 0.25) is 12.7 Å². The smallest absolute Gasteiger partial charge is 0.418 e. The fraction of sp³-hybridized carbons (Fsp3) is 0.370. The van der Waals surface area contributed by atoms with Gasteiger partial charge in [0.1, 0.15) is 11.5 Å². The number of rotatable bonds is 7. The molecule has 11 nitrogen and oxygen atoms in total. The van der Waals surface area contributed by atoms with Crippen LogP contribution in [0.4, 0.5) is 15.0 Å².